The van der Waals surface area contributed by atoms with Crippen LogP contribution in [0.5, 0.6) is 0 Å². The van der Waals surface area contributed by atoms with Gasteiger partial charge in [0.05, 0.1) is 6.04 Å². The molecule has 0 spiro atoms. The quantitative estimate of drug-likeness (QED) is 0.813. The Morgan fingerprint density at radius 2 is 2.12 bits per heavy atom. The highest BCUT2D eigenvalue weighted by atomic mass is 32.1. The lowest BCUT2D eigenvalue weighted by atomic mass is 10.0. The van der Waals surface area contributed by atoms with E-state index in [2.05, 4.69) is 47.4 Å². The molecular weight excluding hydrogens is 246 g/mol. The molecule has 2 rings (SSSR count). The van der Waals surface area contributed by atoms with Gasteiger partial charge in [0, 0.05) is 4.88 Å². The van der Waals surface area contributed by atoms with E-state index in [1.807, 2.05) is 11.3 Å². The molecule has 0 saturated heterocycles. The average molecular weight is 265 g/mol. The van der Waals surface area contributed by atoms with E-state index in [0.29, 0.717) is 6.04 Å². The second-order valence-electron chi connectivity index (χ2n) is 4.11. The first kappa shape index (κ1) is 12.8. The molecular formula is C14H19NS2. The molecule has 2 heterocycles. The van der Waals surface area contributed by atoms with Crippen molar-refractivity contribution in [3.05, 3.63) is 44.3 Å². The highest BCUT2D eigenvalue weighted by Crippen LogP contribution is 2.31. The van der Waals surface area contributed by atoms with Gasteiger partial charge in [0.15, 0.2) is 0 Å². The van der Waals surface area contributed by atoms with Crippen LogP contribution >= 0.6 is 22.7 Å². The Bertz CT molecular complexity index is 431. The third-order valence-electron chi connectivity index (χ3n) is 2.90. The monoisotopic (exact) mass is 265 g/mol. The molecule has 1 N–H and O–H groups in total. The maximum Gasteiger partial charge on any atom is 0.0681 e. The van der Waals surface area contributed by atoms with Crippen LogP contribution in [0.15, 0.2) is 28.3 Å². The smallest absolute Gasteiger partial charge is 0.0681 e. The molecule has 92 valence electrons. The Balaban J connectivity index is 2.27. The summed E-state index contributed by atoms with van der Waals surface area (Å²) in [5.74, 6) is 0. The molecule has 0 aliphatic carbocycles. The van der Waals surface area contributed by atoms with E-state index in [-0.39, 0.29) is 0 Å². The molecule has 0 aliphatic heterocycles. The first-order valence-corrected chi connectivity index (χ1v) is 8.00. The van der Waals surface area contributed by atoms with Crippen molar-refractivity contribution in [3.63, 3.8) is 0 Å². The second kappa shape index (κ2) is 6.34. The minimum atomic E-state index is 0.385. The van der Waals surface area contributed by atoms with Crippen LogP contribution in [-0.4, -0.2) is 6.54 Å². The molecule has 0 radical (unpaired) electrons. The normalized spacial score (nSPS) is 12.8. The third kappa shape index (κ3) is 2.97. The van der Waals surface area contributed by atoms with Gasteiger partial charge < -0.3 is 5.32 Å². The van der Waals surface area contributed by atoms with Crippen LogP contribution < -0.4 is 5.32 Å². The molecule has 17 heavy (non-hydrogen) atoms. The van der Waals surface area contributed by atoms with Gasteiger partial charge in [-0.25, -0.2) is 0 Å². The van der Waals surface area contributed by atoms with Gasteiger partial charge in [-0.3, -0.25) is 0 Å². The van der Waals surface area contributed by atoms with Crippen LogP contribution in [0.1, 0.15) is 42.3 Å². The van der Waals surface area contributed by atoms with Crippen LogP contribution in [0.3, 0.4) is 0 Å². The van der Waals surface area contributed by atoms with Gasteiger partial charge in [-0.15, -0.1) is 11.3 Å². The summed E-state index contributed by atoms with van der Waals surface area (Å²) < 4.78 is 0. The summed E-state index contributed by atoms with van der Waals surface area (Å²) in [7, 11) is 0. The molecule has 0 amide bonds. The van der Waals surface area contributed by atoms with Gasteiger partial charge in [-0.05, 0) is 58.8 Å². The van der Waals surface area contributed by atoms with Gasteiger partial charge in [0.25, 0.3) is 0 Å². The molecule has 1 unspecified atom stereocenters. The lowest BCUT2D eigenvalue weighted by Crippen LogP contribution is -2.22. The Morgan fingerprint density at radius 1 is 1.24 bits per heavy atom. The van der Waals surface area contributed by atoms with Gasteiger partial charge in [-0.1, -0.05) is 13.8 Å². The van der Waals surface area contributed by atoms with Crippen molar-refractivity contribution in [3.8, 4) is 0 Å². The Hall–Kier alpha value is -0.640. The predicted molar refractivity (Wildman–Crippen MR) is 78.2 cm³/mol. The fourth-order valence-corrected chi connectivity index (χ4v) is 3.77. The zero-order valence-corrected chi connectivity index (χ0v) is 12.0. The summed E-state index contributed by atoms with van der Waals surface area (Å²) >= 11 is 3.65. The molecule has 2 aromatic rings. The number of thiophene rings is 2. The lowest BCUT2D eigenvalue weighted by molar-refractivity contribution is 0.604. The zero-order valence-electron chi connectivity index (χ0n) is 10.4. The second-order valence-corrected chi connectivity index (χ2v) is 5.84. The average Bonchev–Trinajstić information content (AvgIpc) is 3.00. The summed E-state index contributed by atoms with van der Waals surface area (Å²) in [6.45, 7) is 5.52. The molecule has 0 bridgehead atoms. The van der Waals surface area contributed by atoms with Crippen molar-refractivity contribution >= 4 is 22.7 Å². The largest absolute Gasteiger partial charge is 0.306 e. The van der Waals surface area contributed by atoms with Crippen LogP contribution in [0.25, 0.3) is 0 Å². The summed E-state index contributed by atoms with van der Waals surface area (Å²) in [6, 6.07) is 4.88. The molecule has 3 heteroatoms. The number of rotatable bonds is 6. The number of nitrogens with one attached hydrogen (secondary N) is 1. The first-order chi connectivity index (χ1) is 8.36. The van der Waals surface area contributed by atoms with E-state index in [9.17, 15) is 0 Å². The van der Waals surface area contributed by atoms with Crippen molar-refractivity contribution in [2.45, 2.75) is 32.7 Å². The standard InChI is InChI=1S/C14H19NS2/c1-3-7-15-13(12-5-8-16-10-12)14-11(4-2)6-9-17-14/h5-6,8-10,13,15H,3-4,7H2,1-2H3. The third-order valence-corrected chi connectivity index (χ3v) is 4.62. The molecule has 2 aromatic heterocycles. The summed E-state index contributed by atoms with van der Waals surface area (Å²) in [5, 5.41) is 10.3. The fraction of sp³-hybridized carbons (Fsp3) is 0.429. The SMILES string of the molecule is CCCNC(c1ccsc1)c1sccc1CC. The fourth-order valence-electron chi connectivity index (χ4n) is 1.98. The van der Waals surface area contributed by atoms with Crippen molar-refractivity contribution in [1.29, 1.82) is 0 Å². The van der Waals surface area contributed by atoms with Crippen molar-refractivity contribution in [2.24, 2.45) is 0 Å². The topological polar surface area (TPSA) is 12.0 Å². The van der Waals surface area contributed by atoms with Crippen molar-refractivity contribution < 1.29 is 0 Å². The maximum absolute atomic E-state index is 3.67. The van der Waals surface area contributed by atoms with Crippen molar-refractivity contribution in [2.75, 3.05) is 6.54 Å². The summed E-state index contributed by atoms with van der Waals surface area (Å²) in [4.78, 5) is 1.49. The van der Waals surface area contributed by atoms with Crippen molar-refractivity contribution in [1.82, 2.24) is 5.32 Å². The Morgan fingerprint density at radius 3 is 2.76 bits per heavy atom. The van der Waals surface area contributed by atoms with Gasteiger partial charge >= 0.3 is 0 Å². The Labute approximate surface area is 112 Å². The zero-order chi connectivity index (χ0) is 12.1. The molecule has 0 aromatic carbocycles. The minimum absolute atomic E-state index is 0.385. The first-order valence-electron chi connectivity index (χ1n) is 6.18. The maximum atomic E-state index is 3.67. The number of hydrogen-bond acceptors (Lipinski definition) is 3. The summed E-state index contributed by atoms with van der Waals surface area (Å²) in [5.41, 5.74) is 2.88. The predicted octanol–water partition coefficient (Wildman–Crippen LogP) is 4.46. The van der Waals surface area contributed by atoms with E-state index in [1.54, 1.807) is 11.3 Å². The van der Waals surface area contributed by atoms with E-state index in [0.717, 1.165) is 13.0 Å². The number of aryl methyl sites for hydroxylation is 1. The molecule has 0 fully saturated rings. The van der Waals surface area contributed by atoms with E-state index in [4.69, 9.17) is 0 Å². The highest BCUT2D eigenvalue weighted by molar-refractivity contribution is 7.10. The van der Waals surface area contributed by atoms with E-state index in [1.165, 1.54) is 22.4 Å². The molecule has 0 saturated carbocycles. The van der Waals surface area contributed by atoms with Crippen LogP contribution in [0, 0.1) is 0 Å². The van der Waals surface area contributed by atoms with Crippen LogP contribution in [-0.2, 0) is 6.42 Å². The summed E-state index contributed by atoms with van der Waals surface area (Å²) in [6.07, 6.45) is 2.29. The lowest BCUT2D eigenvalue weighted by Gasteiger charge is -2.18. The molecule has 1 nitrogen and oxygen atoms in total. The minimum Gasteiger partial charge on any atom is -0.306 e. The number of hydrogen-bond donors (Lipinski definition) is 1. The van der Waals surface area contributed by atoms with E-state index >= 15 is 0 Å². The van der Waals surface area contributed by atoms with Crippen LogP contribution in [0.2, 0.25) is 0 Å². The van der Waals surface area contributed by atoms with Gasteiger partial charge in [0.1, 0.15) is 0 Å². The molecule has 0 aliphatic rings. The highest BCUT2D eigenvalue weighted by Gasteiger charge is 2.17. The van der Waals surface area contributed by atoms with E-state index < -0.39 is 0 Å². The van der Waals surface area contributed by atoms with Gasteiger partial charge in [0.2, 0.25) is 0 Å². The van der Waals surface area contributed by atoms with Gasteiger partial charge in [-0.2, -0.15) is 11.3 Å². The van der Waals surface area contributed by atoms with Crippen LogP contribution in [0.4, 0.5) is 0 Å². The molecule has 1 atom stereocenters. The Kier molecular flexibility index (Phi) is 4.77.